The Morgan fingerprint density at radius 1 is 1.26 bits per heavy atom. The highest BCUT2D eigenvalue weighted by atomic mass is 16.5. The number of rotatable bonds is 5. The molecule has 3 atom stereocenters. The monoisotopic (exact) mass is 262 g/mol. The number of nitrogens with zero attached hydrogens (tertiary/aromatic N) is 1. The van der Waals surface area contributed by atoms with Crippen molar-refractivity contribution in [3.8, 4) is 5.75 Å². The Labute approximate surface area is 116 Å². The third kappa shape index (κ3) is 3.95. The summed E-state index contributed by atoms with van der Waals surface area (Å²) in [7, 11) is 0. The lowest BCUT2D eigenvalue weighted by atomic mass is 9.85. The molecule has 1 aromatic rings. The summed E-state index contributed by atoms with van der Waals surface area (Å²) < 4.78 is 5.79. The molecule has 0 aromatic heterocycles. The molecule has 0 saturated carbocycles. The topological polar surface area (TPSA) is 38.5 Å². The Kier molecular flexibility index (Phi) is 5.23. The molecule has 0 bridgehead atoms. The summed E-state index contributed by atoms with van der Waals surface area (Å²) in [4.78, 5) is 2.50. The first kappa shape index (κ1) is 14.4. The minimum Gasteiger partial charge on any atom is -0.492 e. The van der Waals surface area contributed by atoms with Crippen LogP contribution in [0.1, 0.15) is 20.3 Å². The van der Waals surface area contributed by atoms with Gasteiger partial charge in [0, 0.05) is 25.7 Å². The van der Waals surface area contributed by atoms with Crippen molar-refractivity contribution >= 4 is 0 Å². The van der Waals surface area contributed by atoms with Gasteiger partial charge in [0.1, 0.15) is 12.4 Å². The molecule has 106 valence electrons. The number of nitrogens with two attached hydrogens (primary N) is 1. The molecular formula is C16H26N2O. The minimum absolute atomic E-state index is 0.510. The van der Waals surface area contributed by atoms with Crippen molar-refractivity contribution in [3.63, 3.8) is 0 Å². The number of hydrogen-bond acceptors (Lipinski definition) is 3. The first-order valence-corrected chi connectivity index (χ1v) is 7.32. The van der Waals surface area contributed by atoms with Crippen LogP contribution < -0.4 is 10.5 Å². The van der Waals surface area contributed by atoms with E-state index in [2.05, 4.69) is 18.7 Å². The molecule has 2 rings (SSSR count). The van der Waals surface area contributed by atoms with Gasteiger partial charge >= 0.3 is 0 Å². The molecule has 1 fully saturated rings. The van der Waals surface area contributed by atoms with Crippen molar-refractivity contribution in [2.75, 3.05) is 26.2 Å². The Bertz CT molecular complexity index is 368. The molecule has 3 heteroatoms. The molecule has 3 nitrogen and oxygen atoms in total. The fraction of sp³-hybridized carbons (Fsp3) is 0.625. The van der Waals surface area contributed by atoms with Crippen molar-refractivity contribution in [1.82, 2.24) is 4.90 Å². The molecule has 1 aromatic carbocycles. The van der Waals surface area contributed by atoms with E-state index in [-0.39, 0.29) is 0 Å². The Balaban J connectivity index is 1.83. The Morgan fingerprint density at radius 3 is 2.68 bits per heavy atom. The minimum atomic E-state index is 0.510. The predicted molar refractivity (Wildman–Crippen MR) is 79.3 cm³/mol. The maximum Gasteiger partial charge on any atom is 0.119 e. The normalized spacial score (nSPS) is 28.3. The third-order valence-corrected chi connectivity index (χ3v) is 4.08. The van der Waals surface area contributed by atoms with Crippen LogP contribution in [0.15, 0.2) is 30.3 Å². The number of para-hydroxylation sites is 1. The number of likely N-dealkylation sites (tertiary alicyclic amines) is 1. The summed E-state index contributed by atoms with van der Waals surface area (Å²) in [6, 6.07) is 10.5. The fourth-order valence-corrected chi connectivity index (χ4v) is 3.20. The van der Waals surface area contributed by atoms with Crippen LogP contribution >= 0.6 is 0 Å². The highest BCUT2D eigenvalue weighted by molar-refractivity contribution is 5.20. The van der Waals surface area contributed by atoms with E-state index in [1.807, 2.05) is 30.3 Å². The van der Waals surface area contributed by atoms with Gasteiger partial charge in [-0.05, 0) is 30.4 Å². The van der Waals surface area contributed by atoms with Crippen LogP contribution in [0.5, 0.6) is 5.75 Å². The Morgan fingerprint density at radius 2 is 2.00 bits per heavy atom. The van der Waals surface area contributed by atoms with Gasteiger partial charge in [0.25, 0.3) is 0 Å². The number of hydrogen-bond donors (Lipinski definition) is 1. The van der Waals surface area contributed by atoms with Gasteiger partial charge in [-0.25, -0.2) is 0 Å². The molecular weight excluding hydrogens is 236 g/mol. The standard InChI is InChI=1S/C16H26N2O/c1-13-10-14(2)16(11-17)18(12-13)8-9-19-15-6-4-3-5-7-15/h3-7,13-14,16H,8-12,17H2,1-2H3. The van der Waals surface area contributed by atoms with Gasteiger partial charge in [0.15, 0.2) is 0 Å². The number of benzene rings is 1. The van der Waals surface area contributed by atoms with Gasteiger partial charge in [-0.1, -0.05) is 32.0 Å². The third-order valence-electron chi connectivity index (χ3n) is 4.08. The fourth-order valence-electron chi connectivity index (χ4n) is 3.20. The molecule has 0 aliphatic carbocycles. The number of piperidine rings is 1. The first-order chi connectivity index (χ1) is 9.20. The average Bonchev–Trinajstić information content (AvgIpc) is 2.39. The van der Waals surface area contributed by atoms with E-state index in [1.54, 1.807) is 0 Å². The van der Waals surface area contributed by atoms with E-state index in [0.717, 1.165) is 37.9 Å². The summed E-state index contributed by atoms with van der Waals surface area (Å²) in [5.41, 5.74) is 5.93. The summed E-state index contributed by atoms with van der Waals surface area (Å²) in [5.74, 6) is 2.39. The smallest absolute Gasteiger partial charge is 0.119 e. The second-order valence-corrected chi connectivity index (χ2v) is 5.78. The van der Waals surface area contributed by atoms with Crippen molar-refractivity contribution in [3.05, 3.63) is 30.3 Å². The molecule has 1 aliphatic heterocycles. The van der Waals surface area contributed by atoms with Gasteiger partial charge in [-0.15, -0.1) is 0 Å². The molecule has 1 heterocycles. The summed E-state index contributed by atoms with van der Waals surface area (Å²) in [6.45, 7) is 8.24. The lowest BCUT2D eigenvalue weighted by Gasteiger charge is -2.42. The van der Waals surface area contributed by atoms with Crippen LogP contribution in [0, 0.1) is 11.8 Å². The molecule has 1 aliphatic rings. The molecule has 2 N–H and O–H groups in total. The largest absolute Gasteiger partial charge is 0.492 e. The van der Waals surface area contributed by atoms with Crippen LogP contribution in [-0.2, 0) is 0 Å². The van der Waals surface area contributed by atoms with Crippen LogP contribution in [0.3, 0.4) is 0 Å². The lowest BCUT2D eigenvalue weighted by Crippen LogP contribution is -2.52. The summed E-state index contributed by atoms with van der Waals surface area (Å²) in [6.07, 6.45) is 1.29. The van der Waals surface area contributed by atoms with E-state index >= 15 is 0 Å². The molecule has 0 amide bonds. The maximum atomic E-state index is 5.93. The van der Waals surface area contributed by atoms with Gasteiger partial charge < -0.3 is 10.5 Å². The zero-order chi connectivity index (χ0) is 13.7. The zero-order valence-corrected chi connectivity index (χ0v) is 12.1. The summed E-state index contributed by atoms with van der Waals surface area (Å²) in [5, 5.41) is 0. The molecule has 1 saturated heterocycles. The maximum absolute atomic E-state index is 5.93. The van der Waals surface area contributed by atoms with Crippen molar-refractivity contribution in [2.45, 2.75) is 26.3 Å². The van der Waals surface area contributed by atoms with E-state index in [0.29, 0.717) is 12.0 Å². The van der Waals surface area contributed by atoms with E-state index in [9.17, 15) is 0 Å². The predicted octanol–water partition coefficient (Wildman–Crippen LogP) is 2.37. The average molecular weight is 262 g/mol. The molecule has 0 spiro atoms. The van der Waals surface area contributed by atoms with Gasteiger partial charge in [-0.2, -0.15) is 0 Å². The Hall–Kier alpha value is -1.06. The van der Waals surface area contributed by atoms with Gasteiger partial charge in [0.05, 0.1) is 0 Å². The van der Waals surface area contributed by atoms with Gasteiger partial charge in [-0.3, -0.25) is 4.90 Å². The highest BCUT2D eigenvalue weighted by Gasteiger charge is 2.30. The quantitative estimate of drug-likeness (QED) is 0.885. The van der Waals surface area contributed by atoms with E-state index in [4.69, 9.17) is 10.5 Å². The van der Waals surface area contributed by atoms with Crippen LogP contribution in [0.4, 0.5) is 0 Å². The van der Waals surface area contributed by atoms with Crippen molar-refractivity contribution < 1.29 is 4.74 Å². The van der Waals surface area contributed by atoms with Crippen LogP contribution in [0.2, 0.25) is 0 Å². The van der Waals surface area contributed by atoms with Gasteiger partial charge in [0.2, 0.25) is 0 Å². The first-order valence-electron chi connectivity index (χ1n) is 7.32. The van der Waals surface area contributed by atoms with Crippen LogP contribution in [-0.4, -0.2) is 37.2 Å². The van der Waals surface area contributed by atoms with E-state index in [1.165, 1.54) is 6.42 Å². The number of ether oxygens (including phenoxy) is 1. The second kappa shape index (κ2) is 6.92. The van der Waals surface area contributed by atoms with Crippen LogP contribution in [0.25, 0.3) is 0 Å². The molecule has 0 radical (unpaired) electrons. The molecule has 19 heavy (non-hydrogen) atoms. The molecule has 3 unspecified atom stereocenters. The second-order valence-electron chi connectivity index (χ2n) is 5.78. The highest BCUT2D eigenvalue weighted by Crippen LogP contribution is 2.26. The van der Waals surface area contributed by atoms with Crippen molar-refractivity contribution in [2.24, 2.45) is 17.6 Å². The van der Waals surface area contributed by atoms with E-state index < -0.39 is 0 Å². The van der Waals surface area contributed by atoms with Crippen molar-refractivity contribution in [1.29, 1.82) is 0 Å². The zero-order valence-electron chi connectivity index (χ0n) is 12.1. The lowest BCUT2D eigenvalue weighted by molar-refractivity contribution is 0.0610. The SMILES string of the molecule is CC1CC(C)C(CN)N(CCOc2ccccc2)C1. The summed E-state index contributed by atoms with van der Waals surface area (Å²) >= 11 is 0.